The number of guanidine groups is 1. The highest BCUT2D eigenvalue weighted by Crippen LogP contribution is 2.02. The molecule has 0 saturated heterocycles. The molecule has 3 N–H and O–H groups in total. The standard InChI is InChI=1S/C22H30N4O2.HI/c1-18(16-28-17-20-11-7-4-8-12-20)13-25-22(23-2)26-15-21(27)24-14-19-9-5-3-6-10-19;/h3-12,18H,13-17H2,1-2H3,(H,24,27)(H2,23,25,26);1H. The molecule has 0 aliphatic carbocycles. The molecule has 6 nitrogen and oxygen atoms in total. The van der Waals surface area contributed by atoms with Gasteiger partial charge in [0.25, 0.3) is 0 Å². The molecular formula is C22H31IN4O2. The van der Waals surface area contributed by atoms with Crippen LogP contribution < -0.4 is 16.0 Å². The van der Waals surface area contributed by atoms with Crippen molar-refractivity contribution >= 4 is 35.8 Å². The van der Waals surface area contributed by atoms with Crippen LogP contribution in [0, 0.1) is 5.92 Å². The Morgan fingerprint density at radius 2 is 1.59 bits per heavy atom. The van der Waals surface area contributed by atoms with Gasteiger partial charge in [-0.25, -0.2) is 0 Å². The van der Waals surface area contributed by atoms with Gasteiger partial charge in [-0.15, -0.1) is 24.0 Å². The van der Waals surface area contributed by atoms with Gasteiger partial charge in [0.2, 0.25) is 5.91 Å². The summed E-state index contributed by atoms with van der Waals surface area (Å²) in [5.41, 5.74) is 2.24. The van der Waals surface area contributed by atoms with E-state index in [-0.39, 0.29) is 36.4 Å². The van der Waals surface area contributed by atoms with Crippen molar-refractivity contribution in [3.8, 4) is 0 Å². The highest BCUT2D eigenvalue weighted by atomic mass is 127. The van der Waals surface area contributed by atoms with Crippen LogP contribution >= 0.6 is 24.0 Å². The molecule has 2 aromatic carbocycles. The maximum Gasteiger partial charge on any atom is 0.239 e. The third-order valence-electron chi connectivity index (χ3n) is 4.10. The summed E-state index contributed by atoms with van der Waals surface area (Å²) < 4.78 is 5.76. The van der Waals surface area contributed by atoms with E-state index in [4.69, 9.17) is 4.74 Å². The predicted molar refractivity (Wildman–Crippen MR) is 128 cm³/mol. The summed E-state index contributed by atoms with van der Waals surface area (Å²) in [6.45, 7) is 4.77. The average molecular weight is 510 g/mol. The number of amides is 1. The van der Waals surface area contributed by atoms with Gasteiger partial charge in [-0.3, -0.25) is 9.79 Å². The summed E-state index contributed by atoms with van der Waals surface area (Å²) in [6.07, 6.45) is 0. The van der Waals surface area contributed by atoms with Gasteiger partial charge in [0.1, 0.15) is 0 Å². The SMILES string of the molecule is CN=C(NCC(=O)NCc1ccccc1)NCC(C)COCc1ccccc1.I. The second-order valence-corrected chi connectivity index (χ2v) is 6.67. The first kappa shape index (κ1) is 24.9. The molecule has 2 aromatic rings. The zero-order chi connectivity index (χ0) is 20.0. The first-order valence-electron chi connectivity index (χ1n) is 9.54. The van der Waals surface area contributed by atoms with Crippen LogP contribution in [0.4, 0.5) is 0 Å². The van der Waals surface area contributed by atoms with Crippen LogP contribution in [-0.4, -0.2) is 38.6 Å². The Balaban J connectivity index is 0.00000420. The minimum absolute atomic E-state index is 0. The Morgan fingerprint density at radius 3 is 2.21 bits per heavy atom. The van der Waals surface area contributed by atoms with Gasteiger partial charge in [-0.05, 0) is 17.0 Å². The van der Waals surface area contributed by atoms with E-state index >= 15 is 0 Å². The zero-order valence-corrected chi connectivity index (χ0v) is 19.4. The maximum atomic E-state index is 12.0. The van der Waals surface area contributed by atoms with E-state index in [9.17, 15) is 4.79 Å². The Labute approximate surface area is 190 Å². The summed E-state index contributed by atoms with van der Waals surface area (Å²) in [7, 11) is 1.69. The molecule has 0 radical (unpaired) electrons. The second kappa shape index (κ2) is 14.8. The first-order valence-corrected chi connectivity index (χ1v) is 9.54. The molecule has 158 valence electrons. The molecule has 0 aliphatic rings. The van der Waals surface area contributed by atoms with E-state index < -0.39 is 0 Å². The van der Waals surface area contributed by atoms with Crippen LogP contribution in [0.15, 0.2) is 65.7 Å². The largest absolute Gasteiger partial charge is 0.376 e. The lowest BCUT2D eigenvalue weighted by molar-refractivity contribution is -0.120. The number of carbonyl (C=O) groups is 1. The molecule has 1 amide bonds. The highest BCUT2D eigenvalue weighted by Gasteiger charge is 2.07. The van der Waals surface area contributed by atoms with E-state index in [1.54, 1.807) is 7.05 Å². The van der Waals surface area contributed by atoms with Gasteiger partial charge < -0.3 is 20.7 Å². The molecule has 0 bridgehead atoms. The third-order valence-corrected chi connectivity index (χ3v) is 4.10. The number of hydrogen-bond acceptors (Lipinski definition) is 3. The van der Waals surface area contributed by atoms with Crippen molar-refractivity contribution in [3.63, 3.8) is 0 Å². The van der Waals surface area contributed by atoms with Crippen LogP contribution in [0.2, 0.25) is 0 Å². The molecule has 1 unspecified atom stereocenters. The molecule has 0 saturated carbocycles. The fourth-order valence-corrected chi connectivity index (χ4v) is 2.53. The molecule has 0 aromatic heterocycles. The van der Waals surface area contributed by atoms with E-state index in [1.807, 2.05) is 48.5 Å². The van der Waals surface area contributed by atoms with E-state index in [0.29, 0.717) is 38.2 Å². The number of nitrogens with one attached hydrogen (secondary N) is 3. The number of aliphatic imine (C=N–C) groups is 1. The van der Waals surface area contributed by atoms with Gasteiger partial charge in [0, 0.05) is 20.1 Å². The predicted octanol–water partition coefficient (Wildman–Crippen LogP) is 2.94. The van der Waals surface area contributed by atoms with Crippen molar-refractivity contribution in [1.82, 2.24) is 16.0 Å². The van der Waals surface area contributed by atoms with Gasteiger partial charge in [0.05, 0.1) is 19.8 Å². The quantitative estimate of drug-likeness (QED) is 0.261. The minimum Gasteiger partial charge on any atom is -0.376 e. The third kappa shape index (κ3) is 10.8. The van der Waals surface area contributed by atoms with Crippen molar-refractivity contribution in [2.24, 2.45) is 10.9 Å². The Kier molecular flexibility index (Phi) is 12.7. The summed E-state index contributed by atoms with van der Waals surface area (Å²) in [5.74, 6) is 0.838. The molecule has 0 heterocycles. The van der Waals surface area contributed by atoms with Crippen LogP contribution in [-0.2, 0) is 22.7 Å². The van der Waals surface area contributed by atoms with Crippen LogP contribution in [0.1, 0.15) is 18.1 Å². The van der Waals surface area contributed by atoms with Crippen LogP contribution in [0.5, 0.6) is 0 Å². The summed E-state index contributed by atoms with van der Waals surface area (Å²) in [5, 5.41) is 9.14. The zero-order valence-electron chi connectivity index (χ0n) is 17.1. The number of carbonyl (C=O) groups excluding carboxylic acids is 1. The lowest BCUT2D eigenvalue weighted by Gasteiger charge is -2.16. The number of ether oxygens (including phenoxy) is 1. The van der Waals surface area contributed by atoms with Gasteiger partial charge >= 0.3 is 0 Å². The molecule has 0 aliphatic heterocycles. The first-order chi connectivity index (χ1) is 13.7. The molecule has 7 heteroatoms. The molecule has 1 atom stereocenters. The Hall–Kier alpha value is -2.13. The number of halogens is 1. The molecule has 2 rings (SSSR count). The monoisotopic (exact) mass is 510 g/mol. The van der Waals surface area contributed by atoms with Crippen molar-refractivity contribution in [2.45, 2.75) is 20.1 Å². The second-order valence-electron chi connectivity index (χ2n) is 6.67. The lowest BCUT2D eigenvalue weighted by Crippen LogP contribution is -2.44. The van der Waals surface area contributed by atoms with Gasteiger partial charge in [-0.2, -0.15) is 0 Å². The van der Waals surface area contributed by atoms with Crippen LogP contribution in [0.25, 0.3) is 0 Å². The lowest BCUT2D eigenvalue weighted by atomic mass is 10.2. The smallest absolute Gasteiger partial charge is 0.239 e. The van der Waals surface area contributed by atoms with Crippen molar-refractivity contribution in [2.75, 3.05) is 26.7 Å². The molecule has 29 heavy (non-hydrogen) atoms. The summed E-state index contributed by atoms with van der Waals surface area (Å²) in [6, 6.07) is 19.9. The minimum atomic E-state index is -0.0777. The van der Waals surface area contributed by atoms with Crippen molar-refractivity contribution in [3.05, 3.63) is 71.8 Å². The fraction of sp³-hybridized carbons (Fsp3) is 0.364. The molecule has 0 fully saturated rings. The highest BCUT2D eigenvalue weighted by molar-refractivity contribution is 14.0. The van der Waals surface area contributed by atoms with E-state index in [0.717, 1.165) is 5.56 Å². The summed E-state index contributed by atoms with van der Waals surface area (Å²) >= 11 is 0. The van der Waals surface area contributed by atoms with Gasteiger partial charge in [0.15, 0.2) is 5.96 Å². The maximum absolute atomic E-state index is 12.0. The Morgan fingerprint density at radius 1 is 0.966 bits per heavy atom. The van der Waals surface area contributed by atoms with E-state index in [1.165, 1.54) is 5.56 Å². The normalized spacial score (nSPS) is 11.9. The molecular weight excluding hydrogens is 479 g/mol. The number of hydrogen-bond donors (Lipinski definition) is 3. The van der Waals surface area contributed by atoms with E-state index in [2.05, 4.69) is 40.0 Å². The topological polar surface area (TPSA) is 74.8 Å². The number of rotatable bonds is 10. The van der Waals surface area contributed by atoms with Crippen LogP contribution in [0.3, 0.4) is 0 Å². The number of nitrogens with zero attached hydrogens (tertiary/aromatic N) is 1. The number of benzene rings is 2. The van der Waals surface area contributed by atoms with Crippen molar-refractivity contribution in [1.29, 1.82) is 0 Å². The Bertz CT molecular complexity index is 726. The van der Waals surface area contributed by atoms with Crippen molar-refractivity contribution < 1.29 is 9.53 Å². The average Bonchev–Trinajstić information content (AvgIpc) is 2.74. The summed E-state index contributed by atoms with van der Waals surface area (Å²) in [4.78, 5) is 16.1. The van der Waals surface area contributed by atoms with Gasteiger partial charge in [-0.1, -0.05) is 67.6 Å². The fourth-order valence-electron chi connectivity index (χ4n) is 2.53. The molecule has 0 spiro atoms.